The Kier molecular flexibility index (Phi) is 4.74. The Morgan fingerprint density at radius 3 is 2.38 bits per heavy atom. The molecule has 0 bridgehead atoms. The lowest BCUT2D eigenvalue weighted by Gasteiger charge is -2.15. The molecule has 0 spiro atoms. The van der Waals surface area contributed by atoms with Gasteiger partial charge in [0, 0.05) is 6.08 Å². The monoisotopic (exact) mass is 355 g/mol. The number of methoxy groups -OCH3 is 2. The summed E-state index contributed by atoms with van der Waals surface area (Å²) in [6.07, 6.45) is 2.33. The average Bonchev–Trinajstić information content (AvgIpc) is 3.24. The number of aromatic nitrogens is 3. The molecule has 0 saturated carbocycles. The van der Waals surface area contributed by atoms with Crippen molar-refractivity contribution in [3.8, 4) is 28.8 Å². The second kappa shape index (κ2) is 7.14. The second-order valence-corrected chi connectivity index (χ2v) is 5.31. The third-order valence-corrected chi connectivity index (χ3v) is 3.65. The van der Waals surface area contributed by atoms with Crippen LogP contribution in [0.3, 0.4) is 0 Å². The van der Waals surface area contributed by atoms with Crippen molar-refractivity contribution in [2.24, 2.45) is 0 Å². The number of benzene rings is 1. The molecule has 0 fully saturated rings. The van der Waals surface area contributed by atoms with E-state index < -0.39 is 5.97 Å². The van der Waals surface area contributed by atoms with E-state index in [1.165, 1.54) is 20.3 Å². The fourth-order valence-corrected chi connectivity index (χ4v) is 2.54. The van der Waals surface area contributed by atoms with Crippen LogP contribution in [-0.2, 0) is 4.79 Å². The third kappa shape index (κ3) is 3.16. The van der Waals surface area contributed by atoms with E-state index >= 15 is 0 Å². The van der Waals surface area contributed by atoms with Crippen LogP contribution < -0.4 is 9.47 Å². The maximum absolute atomic E-state index is 10.9. The molecular weight excluding hydrogens is 338 g/mol. The van der Waals surface area contributed by atoms with E-state index in [4.69, 9.17) is 19.0 Å². The van der Waals surface area contributed by atoms with E-state index in [0.717, 1.165) is 6.08 Å². The van der Waals surface area contributed by atoms with E-state index in [1.807, 2.05) is 6.92 Å². The number of ether oxygens (including phenoxy) is 2. The van der Waals surface area contributed by atoms with Crippen LogP contribution >= 0.6 is 0 Å². The zero-order chi connectivity index (χ0) is 18.7. The van der Waals surface area contributed by atoms with Gasteiger partial charge in [0.1, 0.15) is 22.9 Å². The molecule has 0 aliphatic rings. The van der Waals surface area contributed by atoms with Crippen LogP contribution in [-0.4, -0.2) is 40.1 Å². The molecule has 2 heterocycles. The van der Waals surface area contributed by atoms with Gasteiger partial charge in [-0.25, -0.2) is 4.79 Å². The van der Waals surface area contributed by atoms with Crippen molar-refractivity contribution >= 4 is 12.0 Å². The molecule has 0 saturated heterocycles. The first-order valence-corrected chi connectivity index (χ1v) is 7.69. The maximum Gasteiger partial charge on any atom is 0.328 e. The second-order valence-electron chi connectivity index (χ2n) is 5.31. The van der Waals surface area contributed by atoms with Gasteiger partial charge in [0.05, 0.1) is 14.2 Å². The van der Waals surface area contributed by atoms with Gasteiger partial charge in [0.15, 0.2) is 11.6 Å². The summed E-state index contributed by atoms with van der Waals surface area (Å²) < 4.78 is 18.2. The lowest BCUT2D eigenvalue weighted by atomic mass is 10.2. The van der Waals surface area contributed by atoms with Gasteiger partial charge >= 0.3 is 5.97 Å². The molecule has 0 aliphatic carbocycles. The fourth-order valence-electron chi connectivity index (χ4n) is 2.54. The van der Waals surface area contributed by atoms with Crippen molar-refractivity contribution in [3.05, 3.63) is 48.0 Å². The maximum atomic E-state index is 10.9. The van der Waals surface area contributed by atoms with Crippen LogP contribution in [0, 0.1) is 6.92 Å². The Hall–Kier alpha value is -3.55. The highest BCUT2D eigenvalue weighted by atomic mass is 16.5. The molecule has 0 atom stereocenters. The molecule has 0 radical (unpaired) electrons. The van der Waals surface area contributed by atoms with Crippen molar-refractivity contribution < 1.29 is 23.8 Å². The molecule has 0 unspecified atom stereocenters. The Balaban J connectivity index is 2.31. The molecule has 1 aromatic carbocycles. The first-order valence-electron chi connectivity index (χ1n) is 7.69. The predicted octanol–water partition coefficient (Wildman–Crippen LogP) is 2.95. The normalized spacial score (nSPS) is 11.0. The van der Waals surface area contributed by atoms with Crippen LogP contribution in [0.25, 0.3) is 23.3 Å². The topological polar surface area (TPSA) is 99.6 Å². The van der Waals surface area contributed by atoms with Crippen molar-refractivity contribution in [3.63, 3.8) is 0 Å². The third-order valence-electron chi connectivity index (χ3n) is 3.65. The first kappa shape index (κ1) is 17.3. The summed E-state index contributed by atoms with van der Waals surface area (Å²) in [6.45, 7) is 1.82. The Bertz CT molecular complexity index is 949. The lowest BCUT2D eigenvalue weighted by molar-refractivity contribution is -0.131. The van der Waals surface area contributed by atoms with Gasteiger partial charge in [-0.3, -0.25) is 4.57 Å². The minimum Gasteiger partial charge on any atom is -0.494 e. The van der Waals surface area contributed by atoms with E-state index in [9.17, 15) is 4.79 Å². The van der Waals surface area contributed by atoms with E-state index in [2.05, 4.69) is 10.2 Å². The van der Waals surface area contributed by atoms with Crippen molar-refractivity contribution in [2.75, 3.05) is 14.2 Å². The molecule has 2 aromatic heterocycles. The molecule has 26 heavy (non-hydrogen) atoms. The number of carbonyl (C=O) groups is 1. The highest BCUT2D eigenvalue weighted by molar-refractivity contribution is 5.85. The molecule has 1 N–H and O–H groups in total. The Morgan fingerprint density at radius 1 is 1.15 bits per heavy atom. The van der Waals surface area contributed by atoms with Crippen LogP contribution in [0.1, 0.15) is 11.6 Å². The van der Waals surface area contributed by atoms with Gasteiger partial charge in [-0.2, -0.15) is 0 Å². The number of para-hydroxylation sites is 1. The van der Waals surface area contributed by atoms with Gasteiger partial charge in [-0.05, 0) is 37.3 Å². The largest absolute Gasteiger partial charge is 0.494 e. The minimum atomic E-state index is -1.10. The number of carboxylic acid groups (broad SMARTS) is 1. The smallest absolute Gasteiger partial charge is 0.328 e. The molecule has 8 nitrogen and oxygen atoms in total. The number of hydrogen-bond donors (Lipinski definition) is 1. The zero-order valence-electron chi connectivity index (χ0n) is 14.5. The molecule has 3 rings (SSSR count). The quantitative estimate of drug-likeness (QED) is 0.679. The summed E-state index contributed by atoms with van der Waals surface area (Å²) >= 11 is 0. The molecule has 0 aliphatic heterocycles. The molecular formula is C18H17N3O5. The van der Waals surface area contributed by atoms with Gasteiger partial charge in [0.2, 0.25) is 5.82 Å². The Morgan fingerprint density at radius 2 is 1.85 bits per heavy atom. The predicted molar refractivity (Wildman–Crippen MR) is 93.6 cm³/mol. The summed E-state index contributed by atoms with van der Waals surface area (Å²) in [7, 11) is 3.07. The standard InChI is InChI=1S/C18H17N3O5/c1-11-7-8-14(26-11)18-20-19-15(9-10-16(22)23)21(18)17-12(24-2)5-4-6-13(17)25-3/h4-10H,1-3H3,(H,22,23)/b10-9-. The summed E-state index contributed by atoms with van der Waals surface area (Å²) in [5.41, 5.74) is 0.539. The first-order chi connectivity index (χ1) is 12.5. The number of rotatable bonds is 6. The Labute approximate surface area is 149 Å². The summed E-state index contributed by atoms with van der Waals surface area (Å²) in [5, 5.41) is 17.2. The van der Waals surface area contributed by atoms with E-state index in [1.54, 1.807) is 34.9 Å². The summed E-state index contributed by atoms with van der Waals surface area (Å²) in [6, 6.07) is 8.89. The lowest BCUT2D eigenvalue weighted by Crippen LogP contribution is -2.05. The minimum absolute atomic E-state index is 0.291. The fraction of sp³-hybridized carbons (Fsp3) is 0.167. The van der Waals surface area contributed by atoms with Crippen LogP contribution in [0.4, 0.5) is 0 Å². The van der Waals surface area contributed by atoms with Gasteiger partial charge in [-0.15, -0.1) is 10.2 Å². The molecule has 3 aromatic rings. The molecule has 134 valence electrons. The van der Waals surface area contributed by atoms with Crippen LogP contribution in [0.5, 0.6) is 11.5 Å². The van der Waals surface area contributed by atoms with Crippen molar-refractivity contribution in [2.45, 2.75) is 6.92 Å². The highest BCUT2D eigenvalue weighted by Gasteiger charge is 2.22. The van der Waals surface area contributed by atoms with Crippen molar-refractivity contribution in [1.29, 1.82) is 0 Å². The van der Waals surface area contributed by atoms with Crippen molar-refractivity contribution in [1.82, 2.24) is 14.8 Å². The molecule has 8 heteroatoms. The molecule has 0 amide bonds. The van der Waals surface area contributed by atoms with Crippen LogP contribution in [0.15, 0.2) is 40.8 Å². The van der Waals surface area contributed by atoms with Gasteiger partial charge < -0.3 is 19.0 Å². The SMILES string of the molecule is COc1cccc(OC)c1-n1c(/C=C\C(=O)O)nnc1-c1ccc(C)o1. The highest BCUT2D eigenvalue weighted by Crippen LogP contribution is 2.36. The number of furan rings is 1. The van der Waals surface area contributed by atoms with Gasteiger partial charge in [0.25, 0.3) is 0 Å². The number of nitrogens with zero attached hydrogens (tertiary/aromatic N) is 3. The number of aryl methyl sites for hydroxylation is 1. The van der Waals surface area contributed by atoms with E-state index in [0.29, 0.717) is 40.4 Å². The van der Waals surface area contributed by atoms with E-state index in [-0.39, 0.29) is 0 Å². The number of hydrogen-bond acceptors (Lipinski definition) is 6. The number of aliphatic carboxylic acids is 1. The zero-order valence-corrected chi connectivity index (χ0v) is 14.5. The van der Waals surface area contributed by atoms with Crippen LogP contribution in [0.2, 0.25) is 0 Å². The number of carboxylic acids is 1. The summed E-state index contributed by atoms with van der Waals surface area (Å²) in [5.74, 6) is 1.81. The summed E-state index contributed by atoms with van der Waals surface area (Å²) in [4.78, 5) is 10.9. The average molecular weight is 355 g/mol. The van der Waals surface area contributed by atoms with Gasteiger partial charge in [-0.1, -0.05) is 6.07 Å².